The predicted octanol–water partition coefficient (Wildman–Crippen LogP) is 2.10. The second kappa shape index (κ2) is 6.02. The van der Waals surface area contributed by atoms with Gasteiger partial charge in [-0.25, -0.2) is 9.48 Å². The van der Waals surface area contributed by atoms with Crippen LogP contribution < -0.4 is 5.32 Å². The van der Waals surface area contributed by atoms with Gasteiger partial charge in [-0.05, 0) is 44.7 Å². The van der Waals surface area contributed by atoms with Crippen molar-refractivity contribution >= 4 is 11.9 Å². The molecule has 25 heavy (non-hydrogen) atoms. The summed E-state index contributed by atoms with van der Waals surface area (Å²) in [4.78, 5) is 24.5. The molecule has 1 N–H and O–H groups in total. The van der Waals surface area contributed by atoms with Gasteiger partial charge in [0, 0.05) is 17.7 Å². The van der Waals surface area contributed by atoms with Gasteiger partial charge >= 0.3 is 5.97 Å². The quantitative estimate of drug-likeness (QED) is 0.869. The number of hydrogen-bond donors (Lipinski definition) is 1. The lowest BCUT2D eigenvalue weighted by Crippen LogP contribution is -2.38. The first-order valence-corrected chi connectivity index (χ1v) is 8.72. The van der Waals surface area contributed by atoms with Crippen LogP contribution in [-0.4, -0.2) is 33.8 Å². The number of para-hydroxylation sites is 1. The highest BCUT2D eigenvalue weighted by atomic mass is 16.6. The Balaban J connectivity index is 1.67. The smallest absolute Gasteiger partial charge is 0.329 e. The zero-order valence-electron chi connectivity index (χ0n) is 14.4. The Labute approximate surface area is 146 Å². The zero-order chi connectivity index (χ0) is 17.6. The monoisotopic (exact) mass is 339 g/mol. The first-order chi connectivity index (χ1) is 12.0. The molecule has 1 amide bonds. The van der Waals surface area contributed by atoms with E-state index in [9.17, 15) is 9.59 Å². The number of aromatic nitrogens is 2. The van der Waals surface area contributed by atoms with Crippen LogP contribution in [0.4, 0.5) is 0 Å². The summed E-state index contributed by atoms with van der Waals surface area (Å²) in [6, 6.07) is 7.43. The number of nitrogens with one attached hydrogen (secondary N) is 1. The van der Waals surface area contributed by atoms with E-state index < -0.39 is 6.04 Å². The highest BCUT2D eigenvalue weighted by Gasteiger charge is 2.35. The third-order valence-corrected chi connectivity index (χ3v) is 4.96. The molecule has 2 aromatic rings. The molecule has 130 valence electrons. The fraction of sp³-hybridized carbons (Fsp3) is 0.421. The number of rotatable bonds is 3. The van der Waals surface area contributed by atoms with Crippen molar-refractivity contribution in [2.24, 2.45) is 0 Å². The lowest BCUT2D eigenvalue weighted by atomic mass is 10.1. The standard InChI is InChI=1S/C19H21N3O3/c1-11-6-3-4-8-15(11)22-16-9-5-7-13(16)17(21-22)18(23)20-14-10-12(2)25-19(14)24/h3-4,6,8,12,14H,5,7,9-10H2,1-2H3,(H,20,23)/t12-,14+/m1/s1. The van der Waals surface area contributed by atoms with E-state index in [2.05, 4.69) is 10.4 Å². The molecule has 1 aliphatic carbocycles. The van der Waals surface area contributed by atoms with Crippen molar-refractivity contribution in [3.8, 4) is 5.69 Å². The van der Waals surface area contributed by atoms with E-state index in [-0.39, 0.29) is 18.0 Å². The minimum Gasteiger partial charge on any atom is -0.461 e. The van der Waals surface area contributed by atoms with Gasteiger partial charge in [0.25, 0.3) is 5.91 Å². The molecule has 2 aliphatic rings. The second-order valence-electron chi connectivity index (χ2n) is 6.83. The number of cyclic esters (lactones) is 1. The molecule has 0 spiro atoms. The number of carbonyl (C=O) groups is 2. The molecular weight excluding hydrogens is 318 g/mol. The molecule has 1 aliphatic heterocycles. The maximum Gasteiger partial charge on any atom is 0.329 e. The van der Waals surface area contributed by atoms with Gasteiger partial charge in [0.15, 0.2) is 5.69 Å². The summed E-state index contributed by atoms with van der Waals surface area (Å²) >= 11 is 0. The Morgan fingerprint density at radius 2 is 2.12 bits per heavy atom. The van der Waals surface area contributed by atoms with E-state index in [0.29, 0.717) is 12.1 Å². The van der Waals surface area contributed by atoms with Gasteiger partial charge in [-0.15, -0.1) is 0 Å². The highest BCUT2D eigenvalue weighted by Crippen LogP contribution is 2.29. The first kappa shape index (κ1) is 15.9. The summed E-state index contributed by atoms with van der Waals surface area (Å²) in [6.45, 7) is 3.86. The molecule has 2 heterocycles. The number of amides is 1. The third kappa shape index (κ3) is 2.71. The summed E-state index contributed by atoms with van der Waals surface area (Å²) in [5.41, 5.74) is 4.64. The maximum atomic E-state index is 12.7. The van der Waals surface area contributed by atoms with Crippen LogP contribution in [0.5, 0.6) is 0 Å². The van der Waals surface area contributed by atoms with Gasteiger partial charge in [-0.3, -0.25) is 4.79 Å². The Morgan fingerprint density at radius 3 is 2.84 bits per heavy atom. The van der Waals surface area contributed by atoms with Gasteiger partial charge in [0.1, 0.15) is 12.1 Å². The topological polar surface area (TPSA) is 73.2 Å². The molecule has 0 bridgehead atoms. The lowest BCUT2D eigenvalue weighted by molar-refractivity contribution is -0.142. The van der Waals surface area contributed by atoms with Crippen LogP contribution in [0.15, 0.2) is 24.3 Å². The molecular formula is C19H21N3O3. The Bertz CT molecular complexity index is 856. The third-order valence-electron chi connectivity index (χ3n) is 4.96. The second-order valence-corrected chi connectivity index (χ2v) is 6.83. The van der Waals surface area contributed by atoms with Crippen molar-refractivity contribution in [3.05, 3.63) is 46.8 Å². The summed E-state index contributed by atoms with van der Waals surface area (Å²) in [5.74, 6) is -0.655. The Hall–Kier alpha value is -2.63. The molecule has 0 saturated carbocycles. The molecule has 4 rings (SSSR count). The van der Waals surface area contributed by atoms with E-state index in [1.807, 2.05) is 42.8 Å². The summed E-state index contributed by atoms with van der Waals surface area (Å²) < 4.78 is 7.01. The number of fused-ring (bicyclic) bond motifs is 1. The van der Waals surface area contributed by atoms with Crippen molar-refractivity contribution in [2.45, 2.75) is 51.7 Å². The zero-order valence-corrected chi connectivity index (χ0v) is 14.4. The van der Waals surface area contributed by atoms with Crippen molar-refractivity contribution in [3.63, 3.8) is 0 Å². The fourth-order valence-corrected chi connectivity index (χ4v) is 3.72. The van der Waals surface area contributed by atoms with Gasteiger partial charge in [-0.1, -0.05) is 18.2 Å². The maximum absolute atomic E-state index is 12.7. The largest absolute Gasteiger partial charge is 0.461 e. The molecule has 1 saturated heterocycles. The van der Waals surface area contributed by atoms with E-state index in [1.54, 1.807) is 0 Å². The van der Waals surface area contributed by atoms with Crippen molar-refractivity contribution in [2.75, 3.05) is 0 Å². The molecule has 1 fully saturated rings. The minimum absolute atomic E-state index is 0.159. The Kier molecular flexibility index (Phi) is 3.82. The minimum atomic E-state index is -0.580. The SMILES string of the molecule is Cc1ccccc1-n1nc(C(=O)N[C@H]2C[C@@H](C)OC2=O)c2c1CCC2. The number of hydrogen-bond acceptors (Lipinski definition) is 4. The molecule has 6 heteroatoms. The van der Waals surface area contributed by atoms with Gasteiger partial charge in [-0.2, -0.15) is 5.10 Å². The number of nitrogens with zero attached hydrogens (tertiary/aromatic N) is 2. The lowest BCUT2D eigenvalue weighted by Gasteiger charge is -2.09. The summed E-state index contributed by atoms with van der Waals surface area (Å²) in [5, 5.41) is 7.40. The van der Waals surface area contributed by atoms with E-state index in [1.165, 1.54) is 0 Å². The summed E-state index contributed by atoms with van der Waals surface area (Å²) in [7, 11) is 0. The average Bonchev–Trinajstić information content (AvgIpc) is 3.24. The van der Waals surface area contributed by atoms with Gasteiger partial charge in [0.05, 0.1) is 5.69 Å². The molecule has 1 aromatic heterocycles. The van der Waals surface area contributed by atoms with Crippen molar-refractivity contribution in [1.29, 1.82) is 0 Å². The molecule has 2 atom stereocenters. The summed E-state index contributed by atoms with van der Waals surface area (Å²) in [6.07, 6.45) is 3.11. The average molecular weight is 339 g/mol. The Morgan fingerprint density at radius 1 is 1.32 bits per heavy atom. The highest BCUT2D eigenvalue weighted by molar-refractivity contribution is 5.97. The number of esters is 1. The first-order valence-electron chi connectivity index (χ1n) is 8.72. The predicted molar refractivity (Wildman–Crippen MR) is 91.8 cm³/mol. The van der Waals surface area contributed by atoms with E-state index in [0.717, 1.165) is 41.8 Å². The number of carbonyl (C=O) groups excluding carboxylic acids is 2. The van der Waals surface area contributed by atoms with E-state index in [4.69, 9.17) is 4.74 Å². The van der Waals surface area contributed by atoms with Crippen LogP contribution >= 0.6 is 0 Å². The van der Waals surface area contributed by atoms with Crippen molar-refractivity contribution < 1.29 is 14.3 Å². The molecule has 0 radical (unpaired) electrons. The van der Waals surface area contributed by atoms with Gasteiger partial charge in [0.2, 0.25) is 0 Å². The van der Waals surface area contributed by atoms with Crippen LogP contribution in [0.25, 0.3) is 5.69 Å². The molecule has 6 nitrogen and oxygen atoms in total. The molecule has 1 aromatic carbocycles. The van der Waals surface area contributed by atoms with Crippen LogP contribution in [0, 0.1) is 6.92 Å². The van der Waals surface area contributed by atoms with Gasteiger partial charge < -0.3 is 10.1 Å². The van der Waals surface area contributed by atoms with Crippen molar-refractivity contribution in [1.82, 2.24) is 15.1 Å². The fourth-order valence-electron chi connectivity index (χ4n) is 3.72. The van der Waals surface area contributed by atoms with E-state index >= 15 is 0 Å². The normalized spacial score (nSPS) is 21.9. The van der Waals surface area contributed by atoms with Crippen LogP contribution in [0.3, 0.4) is 0 Å². The molecule has 0 unspecified atom stereocenters. The van der Waals surface area contributed by atoms with Crippen LogP contribution in [0.1, 0.15) is 47.1 Å². The van der Waals surface area contributed by atoms with Crippen LogP contribution in [0.2, 0.25) is 0 Å². The number of ether oxygens (including phenoxy) is 1. The number of benzene rings is 1. The van der Waals surface area contributed by atoms with Crippen LogP contribution in [-0.2, 0) is 22.4 Å². The number of aryl methyl sites for hydroxylation is 1.